The van der Waals surface area contributed by atoms with Crippen LogP contribution in [0.15, 0.2) is 6.08 Å². The van der Waals surface area contributed by atoms with Crippen LogP contribution in [-0.4, -0.2) is 13.0 Å². The number of carbonyl (C=O) groups excluding carboxylic acids is 1. The maximum atomic E-state index is 10.1. The zero-order chi connectivity index (χ0) is 5.70. The van der Waals surface area contributed by atoms with Crippen molar-refractivity contribution in [2.45, 2.75) is 6.92 Å². The van der Waals surface area contributed by atoms with Crippen molar-refractivity contribution in [2.75, 3.05) is 7.05 Å². The van der Waals surface area contributed by atoms with Gasteiger partial charge in [0.1, 0.15) is 0 Å². The molecule has 0 aromatic rings. The summed E-state index contributed by atoms with van der Waals surface area (Å²) in [5, 5.41) is 3.32. The van der Waals surface area contributed by atoms with E-state index < -0.39 is 0 Å². The molecule has 0 saturated heterocycles. The van der Waals surface area contributed by atoms with Gasteiger partial charge in [0.2, 0.25) is 0 Å². The minimum atomic E-state index is -0.234. The van der Waals surface area contributed by atoms with Crippen LogP contribution >= 0.6 is 0 Å². The van der Waals surface area contributed by atoms with E-state index in [1.807, 2.05) is 0 Å². The molecule has 0 heterocycles. The summed E-state index contributed by atoms with van der Waals surface area (Å²) in [6.07, 6.45) is 3.84. The molecule has 1 radical (unpaired) electrons. The number of rotatable bonds is 1. The Hall–Kier alpha value is 0.314. The van der Waals surface area contributed by atoms with Gasteiger partial charge in [-0.1, -0.05) is 5.91 Å². The van der Waals surface area contributed by atoms with E-state index in [1.165, 1.54) is 13.1 Å². The molecule has 0 unspecified atom stereocenters. The first kappa shape index (κ1) is 11.2. The predicted octanol–water partition coefficient (Wildman–Crippen LogP) is 0.893. The van der Waals surface area contributed by atoms with E-state index in [1.54, 1.807) is 6.92 Å². The second-order valence-electron chi connectivity index (χ2n) is 0.995. The summed E-state index contributed by atoms with van der Waals surface area (Å²) in [5.41, 5.74) is 0. The van der Waals surface area contributed by atoms with E-state index in [9.17, 15) is 4.79 Å². The number of amides is 1. The van der Waals surface area contributed by atoms with Crippen LogP contribution in [0.25, 0.3) is 5.32 Å². The van der Waals surface area contributed by atoms with E-state index in [0.717, 1.165) is 0 Å². The Kier molecular flexibility index (Phi) is 10.2. The molecule has 0 rings (SSSR count). The first-order valence-electron chi connectivity index (χ1n) is 1.95. The molecule has 0 aliphatic heterocycles. The molecular formula is C5H7NOY-2. The fraction of sp³-hybridized carbons (Fsp3) is 0.400. The van der Waals surface area contributed by atoms with Gasteiger partial charge in [0, 0.05) is 32.7 Å². The van der Waals surface area contributed by atoms with Gasteiger partial charge in [-0.2, -0.15) is 7.05 Å². The molecule has 3 heteroatoms. The normalized spacial score (nSPS) is 8.25. The van der Waals surface area contributed by atoms with Crippen molar-refractivity contribution in [2.24, 2.45) is 0 Å². The smallest absolute Gasteiger partial charge is 0 e. The fourth-order valence-corrected chi connectivity index (χ4v) is 0.188. The Morgan fingerprint density at radius 3 is 2.38 bits per heavy atom. The molecule has 1 amide bonds. The first-order valence-corrected chi connectivity index (χ1v) is 1.95. The van der Waals surface area contributed by atoms with Gasteiger partial charge in [-0.3, -0.25) is 6.08 Å². The average molecular weight is 186 g/mol. The molecule has 0 aliphatic rings. The molecule has 0 bridgehead atoms. The fourth-order valence-electron chi connectivity index (χ4n) is 0.188. The summed E-state index contributed by atoms with van der Waals surface area (Å²) in [6.45, 7) is 1.66. The summed E-state index contributed by atoms with van der Waals surface area (Å²) in [4.78, 5) is 10.1. The zero-order valence-corrected chi connectivity index (χ0v) is 7.85. The molecule has 0 aromatic carbocycles. The van der Waals surface area contributed by atoms with Crippen LogP contribution in [0.4, 0.5) is 0 Å². The third-order valence-corrected chi connectivity index (χ3v) is 0.488. The van der Waals surface area contributed by atoms with E-state index in [4.69, 9.17) is 0 Å². The standard InChI is InChI=1S/C5H8NO.Y/c1-3-4-5(7)6-2;/h4H,1-2H3,(H,6,7);/q-1;/p-1. The van der Waals surface area contributed by atoms with Gasteiger partial charge in [-0.05, 0) is 0 Å². The SMILES string of the molecule is C[C-]=CC(=O)[N-]C.[Y]. The van der Waals surface area contributed by atoms with Crippen molar-refractivity contribution < 1.29 is 37.5 Å². The largest absolute Gasteiger partial charge is 0.740 e. The molecule has 0 saturated carbocycles. The maximum Gasteiger partial charge on any atom is 0 e. The summed E-state index contributed by atoms with van der Waals surface area (Å²) >= 11 is 0. The summed E-state index contributed by atoms with van der Waals surface area (Å²) < 4.78 is 0. The minimum absolute atomic E-state index is 0. The summed E-state index contributed by atoms with van der Waals surface area (Å²) in [6, 6.07) is 0. The van der Waals surface area contributed by atoms with Crippen molar-refractivity contribution >= 4 is 5.91 Å². The number of likely N-dealkylation sites (N-methyl/N-ethyl adjacent to an activating group) is 1. The van der Waals surface area contributed by atoms with Crippen molar-refractivity contribution in [1.29, 1.82) is 0 Å². The van der Waals surface area contributed by atoms with Gasteiger partial charge in [-0.25, -0.2) is 6.08 Å². The van der Waals surface area contributed by atoms with Gasteiger partial charge in [0.05, 0.1) is 0 Å². The molecule has 0 aliphatic carbocycles. The van der Waals surface area contributed by atoms with E-state index in [-0.39, 0.29) is 38.6 Å². The quantitative estimate of drug-likeness (QED) is 0.442. The number of hydrogen-bond donors (Lipinski definition) is 0. The van der Waals surface area contributed by atoms with Crippen LogP contribution < -0.4 is 0 Å². The van der Waals surface area contributed by atoms with Crippen LogP contribution in [0, 0.1) is 6.08 Å². The Bertz CT molecular complexity index is 90.4. The van der Waals surface area contributed by atoms with Gasteiger partial charge in [-0.15, -0.1) is 6.92 Å². The van der Waals surface area contributed by atoms with Crippen LogP contribution in [0.5, 0.6) is 0 Å². The minimum Gasteiger partial charge on any atom is -0.740 e. The third-order valence-electron chi connectivity index (χ3n) is 0.488. The van der Waals surface area contributed by atoms with Gasteiger partial charge in [0.15, 0.2) is 0 Å². The predicted molar refractivity (Wildman–Crippen MR) is 27.8 cm³/mol. The Labute approximate surface area is 74.6 Å². The second-order valence-corrected chi connectivity index (χ2v) is 0.995. The van der Waals surface area contributed by atoms with Crippen LogP contribution in [0.2, 0.25) is 0 Å². The van der Waals surface area contributed by atoms with Crippen LogP contribution in [0.3, 0.4) is 0 Å². The molecule has 0 N–H and O–H groups in total. The van der Waals surface area contributed by atoms with Crippen molar-refractivity contribution in [3.63, 3.8) is 0 Å². The third kappa shape index (κ3) is 6.31. The van der Waals surface area contributed by atoms with E-state index >= 15 is 0 Å². The molecule has 0 fully saturated rings. The Morgan fingerprint density at radius 2 is 2.25 bits per heavy atom. The molecule has 0 spiro atoms. The number of nitrogens with zero attached hydrogens (tertiary/aromatic N) is 1. The van der Waals surface area contributed by atoms with Gasteiger partial charge in [0.25, 0.3) is 0 Å². The van der Waals surface area contributed by atoms with Crippen molar-refractivity contribution in [3.05, 3.63) is 17.5 Å². The van der Waals surface area contributed by atoms with E-state index in [0.29, 0.717) is 0 Å². The number of allylic oxidation sites excluding steroid dienone is 1. The molecular weight excluding hydrogens is 179 g/mol. The molecule has 43 valence electrons. The van der Waals surface area contributed by atoms with Crippen LogP contribution in [0.1, 0.15) is 6.92 Å². The summed E-state index contributed by atoms with van der Waals surface area (Å²) in [7, 11) is 1.45. The second kappa shape index (κ2) is 7.31. The molecule has 2 nitrogen and oxygen atoms in total. The van der Waals surface area contributed by atoms with Gasteiger partial charge >= 0.3 is 0 Å². The average Bonchev–Trinajstić information content (AvgIpc) is 1.68. The first-order chi connectivity index (χ1) is 3.31. The van der Waals surface area contributed by atoms with E-state index in [2.05, 4.69) is 11.4 Å². The van der Waals surface area contributed by atoms with Gasteiger partial charge < -0.3 is 10.1 Å². The maximum absolute atomic E-state index is 10.1. The summed E-state index contributed by atoms with van der Waals surface area (Å²) in [5.74, 6) is -0.234. The van der Waals surface area contributed by atoms with Crippen LogP contribution in [-0.2, 0) is 37.5 Å². The zero-order valence-electron chi connectivity index (χ0n) is 5.01. The van der Waals surface area contributed by atoms with Crippen molar-refractivity contribution in [3.8, 4) is 0 Å². The monoisotopic (exact) mass is 186 g/mol. The van der Waals surface area contributed by atoms with Crippen molar-refractivity contribution in [1.82, 2.24) is 0 Å². The Balaban J connectivity index is 0. The number of hydrogen-bond acceptors (Lipinski definition) is 1. The number of carbonyl (C=O) groups is 1. The Morgan fingerprint density at radius 1 is 1.75 bits per heavy atom. The molecule has 8 heavy (non-hydrogen) atoms. The molecule has 0 aromatic heterocycles. The topological polar surface area (TPSA) is 31.2 Å². The molecule has 0 atom stereocenters.